The molecule has 1 aromatic carbocycles. The van der Waals surface area contributed by atoms with E-state index in [0.29, 0.717) is 5.92 Å². The molecule has 4 heteroatoms. The van der Waals surface area contributed by atoms with Crippen LogP contribution in [0.4, 0.5) is 0 Å². The number of nitrogens with one attached hydrogen (secondary N) is 1. The Hall–Kier alpha value is -0.770. The number of nitrogens with zero attached hydrogens (tertiary/aromatic N) is 1. The van der Waals surface area contributed by atoms with Gasteiger partial charge >= 0.3 is 0 Å². The second-order valence-corrected chi connectivity index (χ2v) is 6.22. The summed E-state index contributed by atoms with van der Waals surface area (Å²) >= 11 is 6.07. The van der Waals surface area contributed by atoms with Gasteiger partial charge in [-0.05, 0) is 51.2 Å². The fourth-order valence-corrected chi connectivity index (χ4v) is 2.08. The summed E-state index contributed by atoms with van der Waals surface area (Å²) in [7, 11) is 4.15. The maximum atomic E-state index is 6.07. The van der Waals surface area contributed by atoms with Crippen LogP contribution >= 0.6 is 11.6 Å². The van der Waals surface area contributed by atoms with Crippen molar-refractivity contribution in [1.82, 2.24) is 10.2 Å². The first kappa shape index (κ1) is 17.3. The summed E-state index contributed by atoms with van der Waals surface area (Å²) < 4.78 is 5.87. The molecule has 1 aromatic rings. The summed E-state index contributed by atoms with van der Waals surface area (Å²) in [5, 5.41) is 4.19. The highest BCUT2D eigenvalue weighted by Gasteiger charge is 2.05. The number of hydrogen-bond donors (Lipinski definition) is 1. The largest absolute Gasteiger partial charge is 0.493 e. The predicted molar refractivity (Wildman–Crippen MR) is 86.7 cm³/mol. The minimum absolute atomic E-state index is 0.638. The second kappa shape index (κ2) is 9.22. The maximum absolute atomic E-state index is 6.07. The van der Waals surface area contributed by atoms with Gasteiger partial charge in [-0.15, -0.1) is 0 Å². The van der Waals surface area contributed by atoms with E-state index < -0.39 is 0 Å². The third kappa shape index (κ3) is 7.13. The van der Waals surface area contributed by atoms with Crippen LogP contribution in [0.15, 0.2) is 18.2 Å². The molecule has 0 heterocycles. The normalized spacial score (nSPS) is 11.3. The fourth-order valence-electron chi connectivity index (χ4n) is 1.89. The zero-order chi connectivity index (χ0) is 15.0. The monoisotopic (exact) mass is 298 g/mol. The van der Waals surface area contributed by atoms with Crippen LogP contribution in [0, 0.1) is 5.92 Å². The molecular formula is C16H27ClN2O. The van der Waals surface area contributed by atoms with Gasteiger partial charge in [0.25, 0.3) is 0 Å². The molecule has 3 nitrogen and oxygen atoms in total. The number of halogens is 1. The molecule has 0 unspecified atom stereocenters. The van der Waals surface area contributed by atoms with E-state index in [2.05, 4.69) is 38.2 Å². The minimum atomic E-state index is 0.638. The molecule has 0 spiro atoms. The lowest BCUT2D eigenvalue weighted by Gasteiger charge is -2.14. The van der Waals surface area contributed by atoms with Gasteiger partial charge in [0.15, 0.2) is 0 Å². The molecule has 0 saturated carbocycles. The number of hydrogen-bond acceptors (Lipinski definition) is 3. The Kier molecular flexibility index (Phi) is 7.97. The molecule has 0 aromatic heterocycles. The van der Waals surface area contributed by atoms with Crippen LogP contribution in [0.5, 0.6) is 5.75 Å². The van der Waals surface area contributed by atoms with Gasteiger partial charge in [0, 0.05) is 23.7 Å². The zero-order valence-electron chi connectivity index (χ0n) is 13.1. The minimum Gasteiger partial charge on any atom is -0.493 e. The van der Waals surface area contributed by atoms with Gasteiger partial charge in [-0.3, -0.25) is 0 Å². The van der Waals surface area contributed by atoms with Gasteiger partial charge < -0.3 is 15.0 Å². The van der Waals surface area contributed by atoms with Crippen LogP contribution in [-0.2, 0) is 6.54 Å². The van der Waals surface area contributed by atoms with Gasteiger partial charge in [-0.1, -0.05) is 25.4 Å². The van der Waals surface area contributed by atoms with Crippen LogP contribution in [0.1, 0.15) is 25.8 Å². The van der Waals surface area contributed by atoms with Crippen molar-refractivity contribution < 1.29 is 4.74 Å². The van der Waals surface area contributed by atoms with Crippen molar-refractivity contribution in [3.63, 3.8) is 0 Å². The molecule has 1 rings (SSSR count). The summed E-state index contributed by atoms with van der Waals surface area (Å²) in [6, 6.07) is 5.83. The summed E-state index contributed by atoms with van der Waals surface area (Å²) in [5.74, 6) is 1.57. The summed E-state index contributed by atoms with van der Waals surface area (Å²) in [6.07, 6.45) is 1.02. The molecule has 0 radical (unpaired) electrons. The molecule has 20 heavy (non-hydrogen) atoms. The summed E-state index contributed by atoms with van der Waals surface area (Å²) in [5.41, 5.74) is 1.13. The van der Waals surface area contributed by atoms with E-state index >= 15 is 0 Å². The molecule has 0 atom stereocenters. The van der Waals surface area contributed by atoms with Crippen molar-refractivity contribution in [2.75, 3.05) is 33.8 Å². The highest BCUT2D eigenvalue weighted by Crippen LogP contribution is 2.23. The zero-order valence-corrected chi connectivity index (χ0v) is 13.8. The summed E-state index contributed by atoms with van der Waals surface area (Å²) in [4.78, 5) is 2.16. The SMILES string of the molecule is CC(C)CNCc1cc(Cl)ccc1OCCCN(C)C. The molecule has 0 fully saturated rings. The molecule has 0 bridgehead atoms. The first-order valence-corrected chi connectivity index (χ1v) is 7.63. The Bertz CT molecular complexity index is 394. The Morgan fingerprint density at radius 1 is 1.30 bits per heavy atom. The lowest BCUT2D eigenvalue weighted by Crippen LogP contribution is -2.20. The Morgan fingerprint density at radius 3 is 2.70 bits per heavy atom. The van der Waals surface area contributed by atoms with Crippen molar-refractivity contribution in [1.29, 1.82) is 0 Å². The topological polar surface area (TPSA) is 24.5 Å². The number of rotatable bonds is 9. The van der Waals surface area contributed by atoms with E-state index in [-0.39, 0.29) is 0 Å². The van der Waals surface area contributed by atoms with Crippen molar-refractivity contribution in [2.24, 2.45) is 5.92 Å². The molecule has 0 aliphatic heterocycles. The molecule has 0 saturated heterocycles. The van der Waals surface area contributed by atoms with E-state index in [1.807, 2.05) is 18.2 Å². The quantitative estimate of drug-likeness (QED) is 0.707. The van der Waals surface area contributed by atoms with E-state index in [4.69, 9.17) is 16.3 Å². The van der Waals surface area contributed by atoms with Crippen LogP contribution in [0.3, 0.4) is 0 Å². The fraction of sp³-hybridized carbons (Fsp3) is 0.625. The predicted octanol–water partition coefficient (Wildman–Crippen LogP) is 3.42. The first-order chi connectivity index (χ1) is 9.49. The lowest BCUT2D eigenvalue weighted by molar-refractivity contribution is 0.279. The Balaban J connectivity index is 2.51. The molecule has 0 amide bonds. The molecule has 0 aliphatic carbocycles. The first-order valence-electron chi connectivity index (χ1n) is 7.25. The van der Waals surface area contributed by atoms with Crippen molar-refractivity contribution in [3.8, 4) is 5.75 Å². The van der Waals surface area contributed by atoms with Crippen LogP contribution in [-0.4, -0.2) is 38.7 Å². The summed E-state index contributed by atoms with van der Waals surface area (Å²) in [6.45, 7) is 7.95. The average Bonchev–Trinajstić information content (AvgIpc) is 2.36. The number of benzene rings is 1. The maximum Gasteiger partial charge on any atom is 0.123 e. The van der Waals surface area contributed by atoms with Crippen molar-refractivity contribution >= 4 is 11.6 Å². The van der Waals surface area contributed by atoms with Gasteiger partial charge in [-0.25, -0.2) is 0 Å². The average molecular weight is 299 g/mol. The van der Waals surface area contributed by atoms with E-state index in [1.165, 1.54) is 0 Å². The Labute approximate surface area is 128 Å². The van der Waals surface area contributed by atoms with E-state index in [1.54, 1.807) is 0 Å². The van der Waals surface area contributed by atoms with Gasteiger partial charge in [0.2, 0.25) is 0 Å². The molecule has 0 aliphatic rings. The van der Waals surface area contributed by atoms with Crippen molar-refractivity contribution in [2.45, 2.75) is 26.8 Å². The van der Waals surface area contributed by atoms with E-state index in [0.717, 1.165) is 49.0 Å². The highest BCUT2D eigenvalue weighted by atomic mass is 35.5. The third-order valence-electron chi connectivity index (χ3n) is 2.90. The van der Waals surface area contributed by atoms with Crippen LogP contribution in [0.25, 0.3) is 0 Å². The van der Waals surface area contributed by atoms with Crippen LogP contribution < -0.4 is 10.1 Å². The second-order valence-electron chi connectivity index (χ2n) is 5.78. The molecule has 1 N–H and O–H groups in total. The Morgan fingerprint density at radius 2 is 2.05 bits per heavy atom. The number of ether oxygens (including phenoxy) is 1. The molecular weight excluding hydrogens is 272 g/mol. The lowest BCUT2D eigenvalue weighted by atomic mass is 10.2. The highest BCUT2D eigenvalue weighted by molar-refractivity contribution is 6.30. The van der Waals surface area contributed by atoms with Gasteiger partial charge in [0.05, 0.1) is 6.61 Å². The van der Waals surface area contributed by atoms with Gasteiger partial charge in [0.1, 0.15) is 5.75 Å². The standard InChI is InChI=1S/C16H27ClN2O/c1-13(2)11-18-12-14-10-15(17)6-7-16(14)20-9-5-8-19(3)4/h6-7,10,13,18H,5,8-9,11-12H2,1-4H3. The van der Waals surface area contributed by atoms with E-state index in [9.17, 15) is 0 Å². The third-order valence-corrected chi connectivity index (χ3v) is 3.13. The van der Waals surface area contributed by atoms with Crippen molar-refractivity contribution in [3.05, 3.63) is 28.8 Å². The van der Waals surface area contributed by atoms with Crippen LogP contribution in [0.2, 0.25) is 5.02 Å². The smallest absolute Gasteiger partial charge is 0.123 e. The van der Waals surface area contributed by atoms with Gasteiger partial charge in [-0.2, -0.15) is 0 Å². The molecule has 114 valence electrons.